The number of carbonyl (C=O) groups excluding carboxylic acids is 1. The summed E-state index contributed by atoms with van der Waals surface area (Å²) in [5.41, 5.74) is 0.177. The van der Waals surface area contributed by atoms with Crippen LogP contribution in [-0.4, -0.2) is 25.8 Å². The average molecular weight is 481 g/mol. The number of aromatic nitrogens is 4. The number of amides is 1. The fourth-order valence-electron chi connectivity index (χ4n) is 2.92. The van der Waals surface area contributed by atoms with Gasteiger partial charge in [0.05, 0.1) is 45.2 Å². The maximum absolute atomic E-state index is 13.1. The lowest BCUT2D eigenvalue weighted by atomic mass is 10.2. The number of halogens is 5. The maximum Gasteiger partial charge on any atom is 0.418 e. The van der Waals surface area contributed by atoms with Crippen molar-refractivity contribution in [2.24, 2.45) is 0 Å². The Morgan fingerprint density at radius 2 is 1.84 bits per heavy atom. The Hall–Kier alpha value is -3.37. The zero-order valence-electron chi connectivity index (χ0n) is 16.0. The van der Waals surface area contributed by atoms with Crippen molar-refractivity contribution < 1.29 is 18.0 Å². The van der Waals surface area contributed by atoms with Crippen LogP contribution in [0.2, 0.25) is 10.0 Å². The summed E-state index contributed by atoms with van der Waals surface area (Å²) in [6.45, 7) is -0.408. The molecule has 1 amide bonds. The Morgan fingerprint density at radius 1 is 1.09 bits per heavy atom. The fraction of sp³-hybridized carbons (Fsp3) is 0.100. The Balaban J connectivity index is 1.51. The number of imidazole rings is 1. The normalized spacial score (nSPS) is 11.5. The van der Waals surface area contributed by atoms with Crippen molar-refractivity contribution in [3.8, 4) is 0 Å². The number of alkyl halides is 3. The Bertz CT molecular complexity index is 1290. The number of para-hydroxylation sites is 1. The van der Waals surface area contributed by atoms with E-state index in [9.17, 15) is 18.0 Å². The lowest BCUT2D eigenvalue weighted by Gasteiger charge is -2.12. The summed E-state index contributed by atoms with van der Waals surface area (Å²) in [6.07, 6.45) is -1.98. The number of rotatable bonds is 5. The van der Waals surface area contributed by atoms with Gasteiger partial charge in [-0.3, -0.25) is 9.78 Å². The molecule has 0 fully saturated rings. The van der Waals surface area contributed by atoms with Crippen LogP contribution in [0.4, 0.5) is 24.8 Å². The van der Waals surface area contributed by atoms with Crippen LogP contribution >= 0.6 is 23.2 Å². The lowest BCUT2D eigenvalue weighted by molar-refractivity contribution is -0.138. The van der Waals surface area contributed by atoms with Crippen LogP contribution in [0.5, 0.6) is 0 Å². The molecule has 1 aromatic carbocycles. The third-order valence-corrected chi connectivity index (χ3v) is 5.05. The topological polar surface area (TPSA) is 95.6 Å². The van der Waals surface area contributed by atoms with E-state index in [0.29, 0.717) is 32.7 Å². The third kappa shape index (κ3) is 4.61. The van der Waals surface area contributed by atoms with Crippen molar-refractivity contribution in [1.29, 1.82) is 0 Å². The van der Waals surface area contributed by atoms with Gasteiger partial charge in [-0.05, 0) is 30.3 Å². The Labute approximate surface area is 189 Å². The molecule has 3 aromatic heterocycles. The van der Waals surface area contributed by atoms with Crippen LogP contribution in [0.1, 0.15) is 21.7 Å². The average Bonchev–Trinajstić information content (AvgIpc) is 3.16. The minimum Gasteiger partial charge on any atom is -0.345 e. The van der Waals surface area contributed by atoms with Crippen LogP contribution in [0, 0.1) is 0 Å². The van der Waals surface area contributed by atoms with Crippen LogP contribution in [0.25, 0.3) is 11.0 Å². The molecule has 3 N–H and O–H groups in total. The van der Waals surface area contributed by atoms with E-state index in [2.05, 4.69) is 30.6 Å². The first-order valence-corrected chi connectivity index (χ1v) is 9.84. The molecular formula is C20H13Cl2F3N6O. The third-order valence-electron chi connectivity index (χ3n) is 4.42. The number of anilines is 2. The van der Waals surface area contributed by atoms with Gasteiger partial charge in [0.2, 0.25) is 5.95 Å². The lowest BCUT2D eigenvalue weighted by Crippen LogP contribution is -2.26. The molecule has 32 heavy (non-hydrogen) atoms. The number of H-pyrrole nitrogens is 1. The fourth-order valence-corrected chi connectivity index (χ4v) is 3.42. The van der Waals surface area contributed by atoms with E-state index in [1.54, 1.807) is 18.2 Å². The zero-order valence-corrected chi connectivity index (χ0v) is 17.5. The minimum atomic E-state index is -4.57. The molecule has 0 atom stereocenters. The second-order valence-electron chi connectivity index (χ2n) is 6.57. The van der Waals surface area contributed by atoms with Crippen molar-refractivity contribution in [1.82, 2.24) is 25.3 Å². The first-order chi connectivity index (χ1) is 15.2. The van der Waals surface area contributed by atoms with Gasteiger partial charge in [-0.25, -0.2) is 9.97 Å². The van der Waals surface area contributed by atoms with Gasteiger partial charge in [0, 0.05) is 6.20 Å². The van der Waals surface area contributed by atoms with Gasteiger partial charge < -0.3 is 15.6 Å². The number of nitrogens with zero attached hydrogens (tertiary/aromatic N) is 3. The SMILES string of the molecule is O=C(NCc1ncccc1C(F)(F)F)c1cc2[nH]c(Nc3c(Cl)cccc3Cl)nc2cn1. The molecule has 0 aliphatic carbocycles. The van der Waals surface area contributed by atoms with Crippen LogP contribution < -0.4 is 10.6 Å². The summed E-state index contributed by atoms with van der Waals surface area (Å²) >= 11 is 12.3. The molecule has 12 heteroatoms. The highest BCUT2D eigenvalue weighted by molar-refractivity contribution is 6.39. The number of benzene rings is 1. The highest BCUT2D eigenvalue weighted by Gasteiger charge is 2.33. The van der Waals surface area contributed by atoms with Crippen molar-refractivity contribution >= 4 is 51.8 Å². The van der Waals surface area contributed by atoms with Crippen molar-refractivity contribution in [2.75, 3.05) is 5.32 Å². The van der Waals surface area contributed by atoms with Gasteiger partial charge in [0.25, 0.3) is 5.91 Å². The zero-order chi connectivity index (χ0) is 22.9. The van der Waals surface area contributed by atoms with Gasteiger partial charge in [0.15, 0.2) is 0 Å². The molecule has 4 rings (SSSR count). The van der Waals surface area contributed by atoms with Gasteiger partial charge >= 0.3 is 6.18 Å². The highest BCUT2D eigenvalue weighted by atomic mass is 35.5. The number of carbonyl (C=O) groups is 1. The molecule has 0 bridgehead atoms. The minimum absolute atomic E-state index is 0.00651. The largest absolute Gasteiger partial charge is 0.418 e. The van der Waals surface area contributed by atoms with Crippen molar-refractivity contribution in [2.45, 2.75) is 12.7 Å². The summed E-state index contributed by atoms with van der Waals surface area (Å²) in [5.74, 6) is -0.346. The number of pyridine rings is 2. The van der Waals surface area contributed by atoms with Crippen molar-refractivity contribution in [3.05, 3.63) is 75.8 Å². The van der Waals surface area contributed by atoms with E-state index in [0.717, 1.165) is 6.07 Å². The van der Waals surface area contributed by atoms with Crippen LogP contribution in [0.3, 0.4) is 0 Å². The number of nitrogens with one attached hydrogen (secondary N) is 3. The standard InChI is InChI=1S/C20H13Cl2F3N6O/c21-11-4-1-5-12(22)17(11)31-19-29-13-7-14(27-9-16(13)30-19)18(32)28-8-15-10(20(23,24)25)3-2-6-26-15/h1-7,9H,8H2,(H,28,32)(H2,29,30,31). The molecule has 0 unspecified atom stereocenters. The maximum atomic E-state index is 13.1. The first-order valence-electron chi connectivity index (χ1n) is 9.08. The Morgan fingerprint density at radius 3 is 2.56 bits per heavy atom. The Kier molecular flexibility index (Phi) is 5.90. The smallest absolute Gasteiger partial charge is 0.345 e. The summed E-state index contributed by atoms with van der Waals surface area (Å²) in [5, 5.41) is 6.16. The second kappa shape index (κ2) is 8.64. The van der Waals surface area contributed by atoms with E-state index in [1.165, 1.54) is 24.5 Å². The van der Waals surface area contributed by atoms with Crippen LogP contribution in [-0.2, 0) is 12.7 Å². The second-order valence-corrected chi connectivity index (χ2v) is 7.39. The molecule has 7 nitrogen and oxygen atoms in total. The molecule has 3 heterocycles. The number of fused-ring (bicyclic) bond motifs is 1. The molecule has 0 spiro atoms. The van der Waals surface area contributed by atoms with E-state index < -0.39 is 24.2 Å². The van der Waals surface area contributed by atoms with Crippen LogP contribution in [0.15, 0.2) is 48.8 Å². The predicted octanol–water partition coefficient (Wildman–Crippen LogP) is 5.35. The number of hydrogen-bond donors (Lipinski definition) is 3. The molecule has 0 aliphatic rings. The highest BCUT2D eigenvalue weighted by Crippen LogP contribution is 2.32. The van der Waals surface area contributed by atoms with E-state index in [1.807, 2.05) is 0 Å². The molecule has 0 aliphatic heterocycles. The first kappa shape index (κ1) is 21.8. The molecular weight excluding hydrogens is 468 g/mol. The molecule has 0 radical (unpaired) electrons. The molecule has 0 saturated heterocycles. The monoisotopic (exact) mass is 480 g/mol. The van der Waals surface area contributed by atoms with E-state index >= 15 is 0 Å². The van der Waals surface area contributed by atoms with Gasteiger partial charge in [-0.15, -0.1) is 0 Å². The summed E-state index contributed by atoms with van der Waals surface area (Å²) in [7, 11) is 0. The summed E-state index contributed by atoms with van der Waals surface area (Å²) < 4.78 is 39.2. The number of aromatic amines is 1. The predicted molar refractivity (Wildman–Crippen MR) is 114 cm³/mol. The summed E-state index contributed by atoms with van der Waals surface area (Å²) in [4.78, 5) is 27.5. The van der Waals surface area contributed by atoms with Gasteiger partial charge in [0.1, 0.15) is 11.2 Å². The van der Waals surface area contributed by atoms with E-state index in [-0.39, 0.29) is 11.4 Å². The van der Waals surface area contributed by atoms with E-state index in [4.69, 9.17) is 23.2 Å². The summed E-state index contributed by atoms with van der Waals surface area (Å²) in [6, 6.07) is 8.54. The van der Waals surface area contributed by atoms with Gasteiger partial charge in [-0.1, -0.05) is 29.3 Å². The van der Waals surface area contributed by atoms with Crippen molar-refractivity contribution in [3.63, 3.8) is 0 Å². The quantitative estimate of drug-likeness (QED) is 0.357. The molecule has 0 saturated carbocycles. The molecule has 4 aromatic rings. The van der Waals surface area contributed by atoms with Gasteiger partial charge in [-0.2, -0.15) is 13.2 Å². The molecule has 164 valence electrons. The number of hydrogen-bond acceptors (Lipinski definition) is 5.